The Morgan fingerprint density at radius 2 is 1.91 bits per heavy atom. The molecule has 3 aliphatic rings. The highest BCUT2D eigenvalue weighted by Gasteiger charge is 2.50. The standard InChI is InChI=1S/C31H47NO2/c1-22(2)23(3)10-11-25(5)28-14-15-29-26(9-7-17-30(28,29)6)12-13-27-21-31(33,18-16-24(27)4)34-20-8-19-32/h10-13,22-23,25,28-29,33H,4,7-9,14-18,20-21H2,1-3,5-6H3/b11-10+,26-12?,27-13?/t23-,25+,28+,29?,30+,31-/m0/s1. The summed E-state index contributed by atoms with van der Waals surface area (Å²) in [5, 5.41) is 19.7. The molecule has 0 radical (unpaired) electrons. The van der Waals surface area contributed by atoms with Crippen molar-refractivity contribution in [1.29, 1.82) is 5.26 Å². The quantitative estimate of drug-likeness (QED) is 0.225. The number of nitriles is 1. The Kier molecular flexibility index (Phi) is 9.04. The molecule has 3 saturated carbocycles. The molecule has 3 fully saturated rings. The Hall–Kier alpha value is -1.63. The molecule has 0 aromatic rings. The molecular formula is C31H47NO2. The average molecular weight is 466 g/mol. The average Bonchev–Trinajstić information content (AvgIpc) is 3.15. The van der Waals surface area contributed by atoms with Gasteiger partial charge in [0.15, 0.2) is 5.79 Å². The van der Waals surface area contributed by atoms with Gasteiger partial charge in [0.2, 0.25) is 0 Å². The van der Waals surface area contributed by atoms with E-state index in [9.17, 15) is 5.11 Å². The SMILES string of the molecule is C=C1CC[C@](O)(OCCC#N)CC1=CC=C1CCC[C@@]2(C)C1CC[C@@H]2[C@H](C)/C=C/[C@H](C)C(C)C. The number of hydrogen-bond donors (Lipinski definition) is 1. The van der Waals surface area contributed by atoms with Crippen LogP contribution in [0.3, 0.4) is 0 Å². The maximum atomic E-state index is 10.9. The first-order valence-corrected chi connectivity index (χ1v) is 13.6. The number of ether oxygens (including phenoxy) is 1. The van der Waals surface area contributed by atoms with E-state index < -0.39 is 5.79 Å². The number of hydrogen-bond acceptors (Lipinski definition) is 3. The molecular weight excluding hydrogens is 418 g/mol. The highest BCUT2D eigenvalue weighted by molar-refractivity contribution is 5.37. The topological polar surface area (TPSA) is 53.2 Å². The van der Waals surface area contributed by atoms with Crippen LogP contribution < -0.4 is 0 Å². The van der Waals surface area contributed by atoms with E-state index in [0.717, 1.165) is 23.5 Å². The fraction of sp³-hybridized carbons (Fsp3) is 0.710. The summed E-state index contributed by atoms with van der Waals surface area (Å²) >= 11 is 0. The van der Waals surface area contributed by atoms with Gasteiger partial charge in [-0.2, -0.15) is 5.26 Å². The van der Waals surface area contributed by atoms with Gasteiger partial charge in [-0.3, -0.25) is 0 Å². The van der Waals surface area contributed by atoms with Crippen LogP contribution in [0.15, 0.2) is 47.6 Å². The van der Waals surface area contributed by atoms with Crippen molar-refractivity contribution in [3.8, 4) is 6.07 Å². The third-order valence-corrected chi connectivity index (χ3v) is 9.26. The minimum absolute atomic E-state index is 0.276. The molecule has 0 bridgehead atoms. The van der Waals surface area contributed by atoms with Crippen molar-refractivity contribution in [3.05, 3.63) is 47.6 Å². The third-order valence-electron chi connectivity index (χ3n) is 9.26. The number of fused-ring (bicyclic) bond motifs is 1. The predicted octanol–water partition coefficient (Wildman–Crippen LogP) is 7.90. The Balaban J connectivity index is 1.73. The molecule has 0 spiro atoms. The van der Waals surface area contributed by atoms with Gasteiger partial charge in [0, 0.05) is 12.8 Å². The molecule has 1 N–H and O–H groups in total. The molecule has 6 atom stereocenters. The van der Waals surface area contributed by atoms with E-state index in [2.05, 4.69) is 71.6 Å². The summed E-state index contributed by atoms with van der Waals surface area (Å²) in [6, 6.07) is 2.08. The van der Waals surface area contributed by atoms with Gasteiger partial charge in [0.25, 0.3) is 0 Å². The summed E-state index contributed by atoms with van der Waals surface area (Å²) in [6.45, 7) is 16.5. The van der Waals surface area contributed by atoms with Gasteiger partial charge < -0.3 is 9.84 Å². The van der Waals surface area contributed by atoms with Crippen LogP contribution in [0, 0.1) is 46.3 Å². The molecule has 0 saturated heterocycles. The van der Waals surface area contributed by atoms with Gasteiger partial charge in [-0.1, -0.05) is 76.6 Å². The lowest BCUT2D eigenvalue weighted by molar-refractivity contribution is -0.208. The Morgan fingerprint density at radius 1 is 1.15 bits per heavy atom. The monoisotopic (exact) mass is 465 g/mol. The lowest BCUT2D eigenvalue weighted by Crippen LogP contribution is -2.36. The lowest BCUT2D eigenvalue weighted by atomic mass is 9.61. The van der Waals surface area contributed by atoms with E-state index in [1.165, 1.54) is 32.1 Å². The van der Waals surface area contributed by atoms with Crippen LogP contribution in [0.25, 0.3) is 0 Å². The fourth-order valence-electron chi connectivity index (χ4n) is 6.66. The number of aliphatic hydroxyl groups is 1. The zero-order valence-electron chi connectivity index (χ0n) is 22.3. The molecule has 34 heavy (non-hydrogen) atoms. The number of nitrogens with zero attached hydrogens (tertiary/aromatic N) is 1. The second-order valence-corrected chi connectivity index (χ2v) is 11.9. The van der Waals surface area contributed by atoms with Crippen molar-refractivity contribution in [3.63, 3.8) is 0 Å². The fourth-order valence-corrected chi connectivity index (χ4v) is 6.66. The van der Waals surface area contributed by atoms with E-state index >= 15 is 0 Å². The van der Waals surface area contributed by atoms with E-state index in [1.54, 1.807) is 5.57 Å². The summed E-state index contributed by atoms with van der Waals surface area (Å²) in [6.07, 6.45) is 17.9. The van der Waals surface area contributed by atoms with Gasteiger partial charge in [-0.25, -0.2) is 0 Å². The molecule has 3 nitrogen and oxygen atoms in total. The minimum Gasteiger partial charge on any atom is -0.365 e. The first-order valence-electron chi connectivity index (χ1n) is 13.6. The van der Waals surface area contributed by atoms with Crippen molar-refractivity contribution in [2.24, 2.45) is 35.0 Å². The maximum Gasteiger partial charge on any atom is 0.169 e. The zero-order chi connectivity index (χ0) is 24.9. The van der Waals surface area contributed by atoms with Gasteiger partial charge in [0.1, 0.15) is 0 Å². The van der Waals surface area contributed by atoms with Gasteiger partial charge in [0.05, 0.1) is 19.1 Å². The van der Waals surface area contributed by atoms with Gasteiger partial charge in [-0.15, -0.1) is 0 Å². The third kappa shape index (κ3) is 6.13. The molecule has 1 unspecified atom stereocenters. The molecule has 0 aromatic carbocycles. The normalized spacial score (nSPS) is 36.2. The van der Waals surface area contributed by atoms with Gasteiger partial charge >= 0.3 is 0 Å². The van der Waals surface area contributed by atoms with Crippen LogP contribution >= 0.6 is 0 Å². The summed E-state index contributed by atoms with van der Waals surface area (Å²) in [5.41, 5.74) is 4.16. The highest BCUT2D eigenvalue weighted by atomic mass is 16.6. The zero-order valence-corrected chi connectivity index (χ0v) is 22.3. The van der Waals surface area contributed by atoms with Crippen molar-refractivity contribution in [2.45, 2.75) is 98.2 Å². The Morgan fingerprint density at radius 3 is 2.62 bits per heavy atom. The van der Waals surface area contributed by atoms with Crippen LogP contribution in [0.1, 0.15) is 92.4 Å². The molecule has 0 aromatic heterocycles. The van der Waals surface area contributed by atoms with Crippen LogP contribution in [0.2, 0.25) is 0 Å². The Labute approximate surface area is 208 Å². The maximum absolute atomic E-state index is 10.9. The molecule has 3 rings (SSSR count). The molecule has 0 amide bonds. The summed E-state index contributed by atoms with van der Waals surface area (Å²) in [5.74, 6) is 2.17. The van der Waals surface area contributed by atoms with Crippen LogP contribution in [0.4, 0.5) is 0 Å². The molecule has 0 aliphatic heterocycles. The molecule has 3 aliphatic carbocycles. The largest absolute Gasteiger partial charge is 0.365 e. The summed E-state index contributed by atoms with van der Waals surface area (Å²) < 4.78 is 5.69. The minimum atomic E-state index is -1.17. The lowest BCUT2D eigenvalue weighted by Gasteiger charge is -2.44. The molecule has 0 heterocycles. The summed E-state index contributed by atoms with van der Waals surface area (Å²) in [4.78, 5) is 0. The van der Waals surface area contributed by atoms with Crippen molar-refractivity contribution < 1.29 is 9.84 Å². The first-order chi connectivity index (χ1) is 16.1. The van der Waals surface area contributed by atoms with E-state index in [-0.39, 0.29) is 6.61 Å². The second-order valence-electron chi connectivity index (χ2n) is 11.9. The van der Waals surface area contributed by atoms with Gasteiger partial charge in [-0.05, 0) is 79.1 Å². The Bertz CT molecular complexity index is 859. The highest BCUT2D eigenvalue weighted by Crippen LogP contribution is 2.59. The first kappa shape index (κ1) is 27.0. The van der Waals surface area contributed by atoms with Crippen LogP contribution in [-0.4, -0.2) is 17.5 Å². The van der Waals surface area contributed by atoms with Crippen LogP contribution in [-0.2, 0) is 4.74 Å². The molecule has 3 heteroatoms. The van der Waals surface area contributed by atoms with Crippen molar-refractivity contribution in [2.75, 3.05) is 6.61 Å². The summed E-state index contributed by atoms with van der Waals surface area (Å²) in [7, 11) is 0. The predicted molar refractivity (Wildman–Crippen MR) is 141 cm³/mol. The van der Waals surface area contributed by atoms with E-state index in [0.29, 0.717) is 48.3 Å². The molecule has 188 valence electrons. The number of rotatable bonds is 8. The number of allylic oxidation sites excluding steroid dienone is 6. The van der Waals surface area contributed by atoms with E-state index in [4.69, 9.17) is 10.00 Å². The van der Waals surface area contributed by atoms with E-state index in [1.807, 2.05) is 0 Å². The van der Waals surface area contributed by atoms with Crippen LogP contribution in [0.5, 0.6) is 0 Å². The second kappa shape index (κ2) is 11.4. The van der Waals surface area contributed by atoms with Crippen molar-refractivity contribution >= 4 is 0 Å². The smallest absolute Gasteiger partial charge is 0.169 e. The van der Waals surface area contributed by atoms with Crippen molar-refractivity contribution in [1.82, 2.24) is 0 Å².